The van der Waals surface area contributed by atoms with Gasteiger partial charge in [0.05, 0.1) is 13.3 Å². The summed E-state index contributed by atoms with van der Waals surface area (Å²) in [6.07, 6.45) is 1.51. The summed E-state index contributed by atoms with van der Waals surface area (Å²) < 4.78 is 16.4. The summed E-state index contributed by atoms with van der Waals surface area (Å²) in [5.74, 6) is 1.40. The third-order valence-corrected chi connectivity index (χ3v) is 3.40. The second-order valence-electron chi connectivity index (χ2n) is 5.07. The van der Waals surface area contributed by atoms with Gasteiger partial charge in [-0.05, 0) is 36.4 Å². The van der Waals surface area contributed by atoms with Gasteiger partial charge in [0.2, 0.25) is 5.75 Å². The summed E-state index contributed by atoms with van der Waals surface area (Å²) in [5.41, 5.74) is 9.84. The zero-order valence-corrected chi connectivity index (χ0v) is 13.1. The Morgan fingerprint density at radius 3 is 2.75 bits per heavy atom. The van der Waals surface area contributed by atoms with Crippen LogP contribution >= 0.6 is 0 Å². The number of hydrazone groups is 1. The van der Waals surface area contributed by atoms with Crippen LogP contribution in [0.15, 0.2) is 41.5 Å². The number of ether oxygens (including phenoxy) is 3. The Hall–Kier alpha value is -3.22. The van der Waals surface area contributed by atoms with E-state index in [9.17, 15) is 4.79 Å². The molecule has 0 fully saturated rings. The van der Waals surface area contributed by atoms with Crippen LogP contribution in [0.4, 0.5) is 5.69 Å². The number of carbonyl (C=O) groups is 1. The summed E-state index contributed by atoms with van der Waals surface area (Å²) in [7, 11) is 1.55. The summed E-state index contributed by atoms with van der Waals surface area (Å²) in [6, 6.07) is 10.1. The van der Waals surface area contributed by atoms with E-state index in [4.69, 9.17) is 19.9 Å². The molecule has 0 unspecified atom stereocenters. The molecule has 7 heteroatoms. The first kappa shape index (κ1) is 15.7. The number of fused-ring (bicyclic) bond motifs is 1. The third kappa shape index (κ3) is 3.40. The zero-order valence-electron chi connectivity index (χ0n) is 13.1. The molecule has 0 saturated carbocycles. The molecule has 0 bridgehead atoms. The molecular formula is C17H17N3O4. The quantitative estimate of drug-likeness (QED) is 0.507. The Labute approximate surface area is 139 Å². The first-order valence-electron chi connectivity index (χ1n) is 7.34. The normalized spacial score (nSPS) is 12.9. The summed E-state index contributed by atoms with van der Waals surface area (Å²) in [5, 5.41) is 3.96. The van der Waals surface area contributed by atoms with Crippen molar-refractivity contribution in [3.8, 4) is 17.2 Å². The second kappa shape index (κ2) is 6.91. The Morgan fingerprint density at radius 1 is 1.25 bits per heavy atom. The first-order valence-corrected chi connectivity index (χ1v) is 7.34. The van der Waals surface area contributed by atoms with Crippen LogP contribution in [0, 0.1) is 0 Å². The van der Waals surface area contributed by atoms with E-state index in [0.717, 1.165) is 0 Å². The minimum absolute atomic E-state index is 0.323. The number of carbonyl (C=O) groups excluding carboxylic acids is 1. The summed E-state index contributed by atoms with van der Waals surface area (Å²) in [4.78, 5) is 12.0. The van der Waals surface area contributed by atoms with Crippen LogP contribution in [-0.2, 0) is 0 Å². The van der Waals surface area contributed by atoms with Crippen molar-refractivity contribution < 1.29 is 19.0 Å². The van der Waals surface area contributed by atoms with E-state index in [1.165, 1.54) is 6.21 Å². The fourth-order valence-corrected chi connectivity index (χ4v) is 2.23. The van der Waals surface area contributed by atoms with E-state index in [-0.39, 0.29) is 5.91 Å². The Morgan fingerprint density at radius 2 is 2.00 bits per heavy atom. The number of nitrogen functional groups attached to an aromatic ring is 1. The average Bonchev–Trinajstić information content (AvgIpc) is 2.61. The molecular weight excluding hydrogens is 310 g/mol. The van der Waals surface area contributed by atoms with Crippen molar-refractivity contribution in [1.82, 2.24) is 5.43 Å². The van der Waals surface area contributed by atoms with E-state index in [0.29, 0.717) is 47.3 Å². The van der Waals surface area contributed by atoms with Crippen molar-refractivity contribution in [3.05, 3.63) is 47.5 Å². The topological polar surface area (TPSA) is 95.2 Å². The van der Waals surface area contributed by atoms with E-state index < -0.39 is 0 Å². The van der Waals surface area contributed by atoms with Crippen molar-refractivity contribution in [2.24, 2.45) is 5.10 Å². The number of amides is 1. The smallest absolute Gasteiger partial charge is 0.271 e. The molecule has 3 N–H and O–H groups in total. The molecule has 0 aliphatic carbocycles. The molecule has 1 aliphatic rings. The van der Waals surface area contributed by atoms with Gasteiger partial charge in [0.1, 0.15) is 13.2 Å². The number of methoxy groups -OCH3 is 1. The SMILES string of the molecule is COc1cc(/C=N\NC(=O)c2ccc(N)cc2)cc2c1OCCO2. The van der Waals surface area contributed by atoms with Gasteiger partial charge in [-0.1, -0.05) is 0 Å². The molecule has 124 valence electrons. The molecule has 0 saturated heterocycles. The maximum Gasteiger partial charge on any atom is 0.271 e. The number of nitrogens with zero attached hydrogens (tertiary/aromatic N) is 1. The number of nitrogens with two attached hydrogens (primary N) is 1. The van der Waals surface area contributed by atoms with Gasteiger partial charge in [-0.15, -0.1) is 0 Å². The Bertz CT molecular complexity index is 755. The third-order valence-electron chi connectivity index (χ3n) is 3.40. The fourth-order valence-electron chi connectivity index (χ4n) is 2.23. The molecule has 0 aromatic heterocycles. The maximum absolute atomic E-state index is 12.0. The number of benzene rings is 2. The lowest BCUT2D eigenvalue weighted by molar-refractivity contribution is 0.0955. The Balaban J connectivity index is 1.72. The summed E-state index contributed by atoms with van der Waals surface area (Å²) >= 11 is 0. The van der Waals surface area contributed by atoms with E-state index >= 15 is 0 Å². The van der Waals surface area contributed by atoms with E-state index in [1.54, 1.807) is 43.5 Å². The van der Waals surface area contributed by atoms with Crippen LogP contribution in [0.3, 0.4) is 0 Å². The van der Waals surface area contributed by atoms with Crippen molar-refractivity contribution in [2.45, 2.75) is 0 Å². The molecule has 24 heavy (non-hydrogen) atoms. The molecule has 1 amide bonds. The molecule has 1 heterocycles. The van der Waals surface area contributed by atoms with Gasteiger partial charge in [-0.3, -0.25) is 4.79 Å². The van der Waals surface area contributed by atoms with Crippen LogP contribution in [0.5, 0.6) is 17.2 Å². The van der Waals surface area contributed by atoms with Crippen LogP contribution in [0.25, 0.3) is 0 Å². The molecule has 7 nitrogen and oxygen atoms in total. The number of anilines is 1. The highest BCUT2D eigenvalue weighted by atomic mass is 16.6. The van der Waals surface area contributed by atoms with Crippen LogP contribution in [0.1, 0.15) is 15.9 Å². The lowest BCUT2D eigenvalue weighted by Crippen LogP contribution is -2.18. The highest BCUT2D eigenvalue weighted by molar-refractivity contribution is 5.95. The number of nitrogens with one attached hydrogen (secondary N) is 1. The highest BCUT2D eigenvalue weighted by Crippen LogP contribution is 2.39. The number of rotatable bonds is 4. The molecule has 0 radical (unpaired) electrons. The van der Waals surface area contributed by atoms with E-state index in [2.05, 4.69) is 10.5 Å². The summed E-state index contributed by atoms with van der Waals surface area (Å²) in [6.45, 7) is 0.957. The molecule has 1 aliphatic heterocycles. The standard InChI is InChI=1S/C17H17N3O4/c1-22-14-8-11(9-15-16(14)24-7-6-23-15)10-19-20-17(21)12-2-4-13(18)5-3-12/h2-5,8-10H,6-7,18H2,1H3,(H,20,21)/b19-10-. The van der Waals surface area contributed by atoms with Crippen molar-refractivity contribution in [1.29, 1.82) is 0 Å². The first-order chi connectivity index (χ1) is 11.7. The van der Waals surface area contributed by atoms with Gasteiger partial charge < -0.3 is 19.9 Å². The van der Waals surface area contributed by atoms with Gasteiger partial charge in [-0.2, -0.15) is 5.10 Å². The molecule has 3 rings (SSSR count). The fraction of sp³-hybridized carbons (Fsp3) is 0.176. The largest absolute Gasteiger partial charge is 0.493 e. The second-order valence-corrected chi connectivity index (χ2v) is 5.07. The molecule has 2 aromatic rings. The molecule has 0 atom stereocenters. The minimum atomic E-state index is -0.323. The molecule has 0 spiro atoms. The van der Waals surface area contributed by atoms with Gasteiger partial charge in [0.25, 0.3) is 5.91 Å². The monoisotopic (exact) mass is 327 g/mol. The predicted octanol–water partition coefficient (Wildman–Crippen LogP) is 1.81. The number of hydrogen-bond acceptors (Lipinski definition) is 6. The lowest BCUT2D eigenvalue weighted by atomic mass is 10.2. The zero-order chi connectivity index (χ0) is 16.9. The number of hydrogen-bond donors (Lipinski definition) is 2. The van der Waals surface area contributed by atoms with Crippen LogP contribution in [0.2, 0.25) is 0 Å². The lowest BCUT2D eigenvalue weighted by Gasteiger charge is -2.20. The highest BCUT2D eigenvalue weighted by Gasteiger charge is 2.17. The minimum Gasteiger partial charge on any atom is -0.493 e. The van der Waals surface area contributed by atoms with Gasteiger partial charge in [0.15, 0.2) is 11.5 Å². The van der Waals surface area contributed by atoms with Gasteiger partial charge in [0, 0.05) is 16.8 Å². The van der Waals surface area contributed by atoms with Crippen molar-refractivity contribution in [3.63, 3.8) is 0 Å². The van der Waals surface area contributed by atoms with Crippen molar-refractivity contribution >= 4 is 17.8 Å². The maximum atomic E-state index is 12.0. The van der Waals surface area contributed by atoms with E-state index in [1.807, 2.05) is 0 Å². The van der Waals surface area contributed by atoms with Crippen LogP contribution in [-0.4, -0.2) is 32.4 Å². The van der Waals surface area contributed by atoms with Crippen molar-refractivity contribution in [2.75, 3.05) is 26.1 Å². The average molecular weight is 327 g/mol. The van der Waals surface area contributed by atoms with Crippen LogP contribution < -0.4 is 25.4 Å². The molecule has 2 aromatic carbocycles. The Kier molecular flexibility index (Phi) is 4.51. The van der Waals surface area contributed by atoms with Gasteiger partial charge >= 0.3 is 0 Å². The van der Waals surface area contributed by atoms with Gasteiger partial charge in [-0.25, -0.2) is 5.43 Å². The predicted molar refractivity (Wildman–Crippen MR) is 89.9 cm³/mol.